The normalized spacial score (nSPS) is 14.8. The van der Waals surface area contributed by atoms with Crippen LogP contribution in [0.15, 0.2) is 24.3 Å². The molecule has 1 saturated heterocycles. The zero-order valence-corrected chi connectivity index (χ0v) is 20.4. The number of carbonyl (C=O) groups excluding carboxylic acids is 3. The summed E-state index contributed by atoms with van der Waals surface area (Å²) in [6.45, 7) is 6.77. The molecular formula is C23H27F3N4O4S. The molecule has 1 aliphatic rings. The van der Waals surface area contributed by atoms with E-state index in [-0.39, 0.29) is 22.0 Å². The van der Waals surface area contributed by atoms with E-state index in [1.807, 2.05) is 9.80 Å². The second-order valence-corrected chi connectivity index (χ2v) is 9.46. The molecule has 0 aliphatic carbocycles. The van der Waals surface area contributed by atoms with Gasteiger partial charge < -0.3 is 20.7 Å². The maximum atomic E-state index is 13.0. The number of alkyl halides is 3. The molecule has 2 aromatic rings. The van der Waals surface area contributed by atoms with Gasteiger partial charge in [-0.15, -0.1) is 11.3 Å². The fourth-order valence-corrected chi connectivity index (χ4v) is 4.83. The summed E-state index contributed by atoms with van der Waals surface area (Å²) >= 11 is 0.915. The Morgan fingerprint density at radius 1 is 1.17 bits per heavy atom. The molecule has 2 amide bonds. The molecule has 1 aromatic carbocycles. The summed E-state index contributed by atoms with van der Waals surface area (Å²) < 4.78 is 44.3. The van der Waals surface area contributed by atoms with Crippen molar-refractivity contribution in [2.45, 2.75) is 33.1 Å². The second kappa shape index (κ2) is 10.6. The smallest absolute Gasteiger partial charge is 0.416 e. The number of piperazine rings is 1. The number of carbonyl (C=O) groups is 3. The average molecular weight is 513 g/mol. The number of amides is 2. The van der Waals surface area contributed by atoms with E-state index >= 15 is 0 Å². The molecule has 0 saturated carbocycles. The van der Waals surface area contributed by atoms with Crippen LogP contribution in [-0.4, -0.2) is 61.5 Å². The van der Waals surface area contributed by atoms with Gasteiger partial charge in [0.15, 0.2) is 0 Å². The van der Waals surface area contributed by atoms with Crippen LogP contribution in [0.2, 0.25) is 0 Å². The number of anilines is 2. The first-order valence-electron chi connectivity index (χ1n) is 11.0. The Labute approximate surface area is 204 Å². The van der Waals surface area contributed by atoms with Gasteiger partial charge in [0.2, 0.25) is 5.91 Å². The van der Waals surface area contributed by atoms with Gasteiger partial charge in [-0.25, -0.2) is 4.79 Å². The van der Waals surface area contributed by atoms with Gasteiger partial charge in [0.05, 0.1) is 28.7 Å². The van der Waals surface area contributed by atoms with E-state index in [1.54, 1.807) is 26.8 Å². The molecule has 8 nitrogen and oxygen atoms in total. The van der Waals surface area contributed by atoms with Crippen LogP contribution in [0.3, 0.4) is 0 Å². The van der Waals surface area contributed by atoms with Crippen molar-refractivity contribution in [2.75, 3.05) is 42.9 Å². The average Bonchev–Trinajstić information content (AvgIpc) is 3.09. The summed E-state index contributed by atoms with van der Waals surface area (Å²) in [5, 5.41) is 2.88. The molecule has 0 spiro atoms. The standard InChI is InChI=1S/C23H27F3N4O4S/c1-13(2)34-22(33)18-14(3)19(20(27)32)35-21(18)28-17(31)12-29-7-9-30(10-8-29)16-6-4-5-15(11-16)23(24,25)26/h4-6,11,13H,7-10,12H2,1-3H3,(H2,27,32)(H,28,31). The minimum Gasteiger partial charge on any atom is -0.459 e. The number of esters is 1. The quantitative estimate of drug-likeness (QED) is 0.551. The first kappa shape index (κ1) is 26.5. The lowest BCUT2D eigenvalue weighted by molar-refractivity contribution is -0.137. The van der Waals surface area contributed by atoms with Crippen molar-refractivity contribution < 1.29 is 32.3 Å². The third kappa shape index (κ3) is 6.51. The van der Waals surface area contributed by atoms with Crippen LogP contribution < -0.4 is 16.0 Å². The fourth-order valence-electron chi connectivity index (χ4n) is 3.77. The van der Waals surface area contributed by atoms with Gasteiger partial charge >= 0.3 is 12.1 Å². The Morgan fingerprint density at radius 2 is 1.83 bits per heavy atom. The molecule has 35 heavy (non-hydrogen) atoms. The molecule has 0 atom stereocenters. The molecule has 12 heteroatoms. The van der Waals surface area contributed by atoms with Crippen molar-refractivity contribution in [3.05, 3.63) is 45.8 Å². The second-order valence-electron chi connectivity index (χ2n) is 8.44. The molecule has 3 N–H and O–H groups in total. The largest absolute Gasteiger partial charge is 0.459 e. The number of nitrogens with zero attached hydrogens (tertiary/aromatic N) is 2. The first-order valence-corrected chi connectivity index (χ1v) is 11.8. The van der Waals surface area contributed by atoms with Crippen molar-refractivity contribution in [3.8, 4) is 0 Å². The van der Waals surface area contributed by atoms with Gasteiger partial charge in [0, 0.05) is 31.9 Å². The number of hydrogen-bond donors (Lipinski definition) is 2. The number of halogens is 3. The maximum Gasteiger partial charge on any atom is 0.416 e. The Morgan fingerprint density at radius 3 is 2.40 bits per heavy atom. The Balaban J connectivity index is 1.64. The Hall–Kier alpha value is -3.12. The predicted molar refractivity (Wildman–Crippen MR) is 127 cm³/mol. The molecule has 1 aromatic heterocycles. The van der Waals surface area contributed by atoms with Gasteiger partial charge in [-0.05, 0) is 44.5 Å². The third-order valence-electron chi connectivity index (χ3n) is 5.45. The minimum atomic E-state index is -4.41. The lowest BCUT2D eigenvalue weighted by atomic mass is 10.1. The van der Waals surface area contributed by atoms with Crippen molar-refractivity contribution in [1.29, 1.82) is 0 Å². The SMILES string of the molecule is Cc1c(C(N)=O)sc(NC(=O)CN2CCN(c3cccc(C(F)(F)F)c3)CC2)c1C(=O)OC(C)C. The van der Waals surface area contributed by atoms with Gasteiger partial charge in [0.1, 0.15) is 5.00 Å². The van der Waals surface area contributed by atoms with Crippen molar-refractivity contribution in [3.63, 3.8) is 0 Å². The van der Waals surface area contributed by atoms with Gasteiger partial charge in [-0.2, -0.15) is 13.2 Å². The van der Waals surface area contributed by atoms with E-state index in [9.17, 15) is 27.6 Å². The summed E-state index contributed by atoms with van der Waals surface area (Å²) in [5.74, 6) is -1.77. The van der Waals surface area contributed by atoms with Crippen molar-refractivity contribution in [1.82, 2.24) is 4.90 Å². The topological polar surface area (TPSA) is 105 Å². The zero-order chi connectivity index (χ0) is 25.9. The molecule has 0 bridgehead atoms. The van der Waals surface area contributed by atoms with E-state index < -0.39 is 35.6 Å². The summed E-state index contributed by atoms with van der Waals surface area (Å²) in [6.07, 6.45) is -4.80. The number of ether oxygens (including phenoxy) is 1. The maximum absolute atomic E-state index is 13.0. The minimum absolute atomic E-state index is 0.0119. The van der Waals surface area contributed by atoms with Crippen molar-refractivity contribution >= 4 is 39.8 Å². The Bertz CT molecular complexity index is 1110. The number of rotatable bonds is 7. The molecule has 3 rings (SSSR count). The number of nitrogens with one attached hydrogen (secondary N) is 1. The summed E-state index contributed by atoms with van der Waals surface area (Å²) in [4.78, 5) is 40.9. The van der Waals surface area contributed by atoms with E-state index in [1.165, 1.54) is 6.07 Å². The number of nitrogens with two attached hydrogens (primary N) is 1. The van der Waals surface area contributed by atoms with Crippen LogP contribution in [-0.2, 0) is 15.7 Å². The highest BCUT2D eigenvalue weighted by atomic mass is 32.1. The molecule has 1 fully saturated rings. The molecule has 2 heterocycles. The number of thiophene rings is 1. The monoisotopic (exact) mass is 512 g/mol. The van der Waals surface area contributed by atoms with Crippen LogP contribution in [0, 0.1) is 6.92 Å². The zero-order valence-electron chi connectivity index (χ0n) is 19.6. The van der Waals surface area contributed by atoms with Crippen LogP contribution in [0.4, 0.5) is 23.9 Å². The van der Waals surface area contributed by atoms with Crippen LogP contribution >= 0.6 is 11.3 Å². The highest BCUT2D eigenvalue weighted by molar-refractivity contribution is 7.18. The fraction of sp³-hybridized carbons (Fsp3) is 0.435. The van der Waals surface area contributed by atoms with Crippen LogP contribution in [0.1, 0.15) is 45.0 Å². The molecule has 1 aliphatic heterocycles. The van der Waals surface area contributed by atoms with E-state index in [0.29, 0.717) is 37.4 Å². The van der Waals surface area contributed by atoms with Gasteiger partial charge in [-0.3, -0.25) is 14.5 Å². The van der Waals surface area contributed by atoms with E-state index in [0.717, 1.165) is 23.5 Å². The van der Waals surface area contributed by atoms with Gasteiger partial charge in [-0.1, -0.05) is 6.07 Å². The molecule has 0 unspecified atom stereocenters. The molecular weight excluding hydrogens is 485 g/mol. The summed E-state index contributed by atoms with van der Waals surface area (Å²) in [6, 6.07) is 5.16. The van der Waals surface area contributed by atoms with Crippen molar-refractivity contribution in [2.24, 2.45) is 5.73 Å². The highest BCUT2D eigenvalue weighted by Crippen LogP contribution is 2.34. The number of benzene rings is 1. The highest BCUT2D eigenvalue weighted by Gasteiger charge is 2.31. The predicted octanol–water partition coefficient (Wildman–Crippen LogP) is 3.50. The lowest BCUT2D eigenvalue weighted by Crippen LogP contribution is -2.48. The molecule has 190 valence electrons. The van der Waals surface area contributed by atoms with Crippen LogP contribution in [0.5, 0.6) is 0 Å². The van der Waals surface area contributed by atoms with E-state index in [4.69, 9.17) is 10.5 Å². The lowest BCUT2D eigenvalue weighted by Gasteiger charge is -2.36. The van der Waals surface area contributed by atoms with E-state index in [2.05, 4.69) is 5.32 Å². The van der Waals surface area contributed by atoms with Crippen LogP contribution in [0.25, 0.3) is 0 Å². The summed E-state index contributed by atoms with van der Waals surface area (Å²) in [7, 11) is 0. The summed E-state index contributed by atoms with van der Waals surface area (Å²) in [5.41, 5.74) is 5.62. The third-order valence-corrected chi connectivity index (χ3v) is 6.67. The van der Waals surface area contributed by atoms with Gasteiger partial charge in [0.25, 0.3) is 5.91 Å². The number of hydrogen-bond acceptors (Lipinski definition) is 7. The first-order chi connectivity index (χ1) is 16.4. The molecule has 0 radical (unpaired) electrons. The Kier molecular flexibility index (Phi) is 8.06. The number of primary amides is 1.